The molecule has 0 bridgehead atoms. The number of carbonyl (C=O) groups excluding carboxylic acids is 1. The predicted molar refractivity (Wildman–Crippen MR) is 69.0 cm³/mol. The van der Waals surface area contributed by atoms with Crippen molar-refractivity contribution in [1.29, 1.82) is 0 Å². The van der Waals surface area contributed by atoms with Crippen LogP contribution < -0.4 is 0 Å². The Hall–Kier alpha value is -1.42. The third-order valence-corrected chi connectivity index (χ3v) is 3.61. The van der Waals surface area contributed by atoms with E-state index in [1.807, 2.05) is 37.1 Å². The van der Waals surface area contributed by atoms with Crippen LogP contribution in [0.1, 0.15) is 38.3 Å². The van der Waals surface area contributed by atoms with E-state index in [0.29, 0.717) is 0 Å². The molecule has 0 aromatic carbocycles. The minimum Gasteiger partial charge on any atom is -0.369 e. The average molecular weight is 248 g/mol. The van der Waals surface area contributed by atoms with Crippen LogP contribution >= 0.6 is 0 Å². The molecule has 1 aliphatic heterocycles. The molecule has 1 aromatic rings. The molecule has 1 saturated heterocycles. The lowest BCUT2D eigenvalue weighted by Crippen LogP contribution is -2.46. The van der Waals surface area contributed by atoms with Crippen LogP contribution in [0.4, 0.5) is 0 Å². The van der Waals surface area contributed by atoms with Crippen LogP contribution in [0.3, 0.4) is 0 Å². The Morgan fingerprint density at radius 3 is 2.94 bits per heavy atom. The maximum atomic E-state index is 12.5. The molecule has 0 saturated carbocycles. The molecule has 2 heterocycles. The van der Waals surface area contributed by atoms with Gasteiger partial charge in [-0.15, -0.1) is 0 Å². The first-order chi connectivity index (χ1) is 8.56. The molecule has 2 rings (SSSR count). The van der Waals surface area contributed by atoms with Gasteiger partial charge in [-0.05, 0) is 38.3 Å². The quantitative estimate of drug-likeness (QED) is 0.823. The highest BCUT2D eigenvalue weighted by Gasteiger charge is 2.38. The molecule has 1 amide bonds. The molecule has 0 spiro atoms. The van der Waals surface area contributed by atoms with Gasteiger partial charge in [0.25, 0.3) is 5.91 Å². The maximum absolute atomic E-state index is 12.5. The number of hydrogen-bond donors (Lipinski definition) is 0. The molecule has 1 atom stereocenters. The number of hydrogen-bond acceptors (Lipinski definition) is 3. The van der Waals surface area contributed by atoms with Crippen molar-refractivity contribution in [2.45, 2.75) is 38.3 Å². The zero-order valence-corrected chi connectivity index (χ0v) is 11.2. The van der Waals surface area contributed by atoms with Gasteiger partial charge in [0.2, 0.25) is 0 Å². The van der Waals surface area contributed by atoms with Gasteiger partial charge in [-0.1, -0.05) is 6.07 Å². The number of rotatable bonds is 3. The van der Waals surface area contributed by atoms with Crippen LogP contribution in [0.5, 0.6) is 0 Å². The van der Waals surface area contributed by atoms with E-state index in [9.17, 15) is 4.79 Å². The SMILES string of the molecule is COC(C)(C)C(=O)N1CCCC1c1cccnc1. The van der Waals surface area contributed by atoms with Gasteiger partial charge in [-0.2, -0.15) is 0 Å². The Morgan fingerprint density at radius 1 is 1.56 bits per heavy atom. The fourth-order valence-electron chi connectivity index (χ4n) is 2.36. The average Bonchev–Trinajstić information content (AvgIpc) is 2.87. The van der Waals surface area contributed by atoms with E-state index < -0.39 is 5.60 Å². The Kier molecular flexibility index (Phi) is 3.66. The van der Waals surface area contributed by atoms with E-state index in [-0.39, 0.29) is 11.9 Å². The first-order valence-corrected chi connectivity index (χ1v) is 6.32. The highest BCUT2D eigenvalue weighted by molar-refractivity contribution is 5.85. The summed E-state index contributed by atoms with van der Waals surface area (Å²) in [5.41, 5.74) is 0.348. The third-order valence-electron chi connectivity index (χ3n) is 3.61. The molecule has 1 aromatic heterocycles. The maximum Gasteiger partial charge on any atom is 0.254 e. The lowest BCUT2D eigenvalue weighted by atomic mass is 10.0. The van der Waals surface area contributed by atoms with Crippen molar-refractivity contribution in [3.63, 3.8) is 0 Å². The van der Waals surface area contributed by atoms with Gasteiger partial charge < -0.3 is 9.64 Å². The van der Waals surface area contributed by atoms with Gasteiger partial charge in [0, 0.05) is 26.0 Å². The van der Waals surface area contributed by atoms with Crippen LogP contribution in [0, 0.1) is 0 Å². The van der Waals surface area contributed by atoms with Crippen molar-refractivity contribution in [1.82, 2.24) is 9.88 Å². The highest BCUT2D eigenvalue weighted by Crippen LogP contribution is 2.33. The van der Waals surface area contributed by atoms with Gasteiger partial charge in [0.15, 0.2) is 0 Å². The molecule has 18 heavy (non-hydrogen) atoms. The van der Waals surface area contributed by atoms with Crippen molar-refractivity contribution >= 4 is 5.91 Å². The first kappa shape index (κ1) is 13.0. The lowest BCUT2D eigenvalue weighted by Gasteiger charge is -2.32. The summed E-state index contributed by atoms with van der Waals surface area (Å²) in [6, 6.07) is 4.08. The predicted octanol–water partition coefficient (Wildman–Crippen LogP) is 2.17. The van der Waals surface area contributed by atoms with E-state index in [1.165, 1.54) is 0 Å². The molecule has 0 aliphatic carbocycles. The zero-order chi connectivity index (χ0) is 13.2. The van der Waals surface area contributed by atoms with Gasteiger partial charge in [-0.3, -0.25) is 9.78 Å². The first-order valence-electron chi connectivity index (χ1n) is 6.32. The summed E-state index contributed by atoms with van der Waals surface area (Å²) in [5.74, 6) is 0.0522. The molecule has 0 radical (unpaired) electrons. The number of amides is 1. The van der Waals surface area contributed by atoms with Crippen LogP contribution in [-0.2, 0) is 9.53 Å². The van der Waals surface area contributed by atoms with Gasteiger partial charge in [0.1, 0.15) is 5.60 Å². The van der Waals surface area contributed by atoms with Crippen molar-refractivity contribution < 1.29 is 9.53 Å². The van der Waals surface area contributed by atoms with Crippen molar-refractivity contribution in [2.75, 3.05) is 13.7 Å². The molecule has 4 heteroatoms. The van der Waals surface area contributed by atoms with Crippen molar-refractivity contribution in [3.05, 3.63) is 30.1 Å². The van der Waals surface area contributed by atoms with E-state index in [0.717, 1.165) is 24.9 Å². The number of likely N-dealkylation sites (tertiary alicyclic amines) is 1. The Bertz CT molecular complexity index is 417. The number of nitrogens with zero attached hydrogens (tertiary/aromatic N) is 2. The largest absolute Gasteiger partial charge is 0.369 e. The zero-order valence-electron chi connectivity index (χ0n) is 11.2. The number of carbonyl (C=O) groups is 1. The molecule has 1 fully saturated rings. The standard InChI is InChI=1S/C14H20N2O2/c1-14(2,18-3)13(17)16-9-5-7-12(16)11-6-4-8-15-10-11/h4,6,8,10,12H,5,7,9H2,1-3H3. The fourth-order valence-corrected chi connectivity index (χ4v) is 2.36. The van der Waals surface area contributed by atoms with Crippen LogP contribution in [0.2, 0.25) is 0 Å². The molecule has 0 N–H and O–H groups in total. The number of methoxy groups -OCH3 is 1. The molecule has 1 unspecified atom stereocenters. The Morgan fingerprint density at radius 2 is 2.33 bits per heavy atom. The molecular formula is C14H20N2O2. The lowest BCUT2D eigenvalue weighted by molar-refractivity contribution is -0.152. The minimum absolute atomic E-state index is 0.0522. The molecule has 4 nitrogen and oxygen atoms in total. The molecule has 98 valence electrons. The smallest absolute Gasteiger partial charge is 0.254 e. The monoisotopic (exact) mass is 248 g/mol. The summed E-state index contributed by atoms with van der Waals surface area (Å²) < 4.78 is 5.29. The second-order valence-electron chi connectivity index (χ2n) is 5.16. The summed E-state index contributed by atoms with van der Waals surface area (Å²) in [7, 11) is 1.58. The number of pyridine rings is 1. The van der Waals surface area contributed by atoms with Crippen LogP contribution in [-0.4, -0.2) is 35.0 Å². The van der Waals surface area contributed by atoms with E-state index >= 15 is 0 Å². The topological polar surface area (TPSA) is 42.4 Å². The summed E-state index contributed by atoms with van der Waals surface area (Å²) in [6.07, 6.45) is 5.63. The van der Waals surface area contributed by atoms with E-state index in [1.54, 1.807) is 13.3 Å². The summed E-state index contributed by atoms with van der Waals surface area (Å²) in [6.45, 7) is 4.42. The van der Waals surface area contributed by atoms with Gasteiger partial charge >= 0.3 is 0 Å². The summed E-state index contributed by atoms with van der Waals surface area (Å²) in [4.78, 5) is 18.5. The molecular weight excluding hydrogens is 228 g/mol. The van der Waals surface area contributed by atoms with E-state index in [4.69, 9.17) is 4.74 Å². The van der Waals surface area contributed by atoms with Crippen molar-refractivity contribution in [3.8, 4) is 0 Å². The second kappa shape index (κ2) is 5.06. The number of ether oxygens (including phenoxy) is 1. The second-order valence-corrected chi connectivity index (χ2v) is 5.16. The number of aromatic nitrogens is 1. The molecule has 1 aliphatic rings. The van der Waals surface area contributed by atoms with E-state index in [2.05, 4.69) is 4.98 Å². The minimum atomic E-state index is -0.759. The normalized spacial score (nSPS) is 20.2. The Balaban J connectivity index is 2.21. The fraction of sp³-hybridized carbons (Fsp3) is 0.571. The van der Waals surface area contributed by atoms with Gasteiger partial charge in [-0.25, -0.2) is 0 Å². The summed E-state index contributed by atoms with van der Waals surface area (Å²) in [5, 5.41) is 0. The van der Waals surface area contributed by atoms with Gasteiger partial charge in [0.05, 0.1) is 6.04 Å². The third kappa shape index (κ3) is 2.38. The van der Waals surface area contributed by atoms with Crippen LogP contribution in [0.25, 0.3) is 0 Å². The van der Waals surface area contributed by atoms with Crippen molar-refractivity contribution in [2.24, 2.45) is 0 Å². The Labute approximate surface area is 108 Å². The van der Waals surface area contributed by atoms with Crippen LogP contribution in [0.15, 0.2) is 24.5 Å². The summed E-state index contributed by atoms with van der Waals surface area (Å²) >= 11 is 0. The highest BCUT2D eigenvalue weighted by atomic mass is 16.5.